The van der Waals surface area contributed by atoms with Crippen molar-refractivity contribution in [2.75, 3.05) is 6.61 Å². The summed E-state index contributed by atoms with van der Waals surface area (Å²) in [5, 5.41) is 19.9. The minimum Gasteiger partial charge on any atom is -0.483 e. The molecule has 1 aromatic carbocycles. The van der Waals surface area contributed by atoms with Crippen molar-refractivity contribution in [2.45, 2.75) is 31.8 Å². The van der Waals surface area contributed by atoms with Crippen molar-refractivity contribution >= 4 is 5.69 Å². The Balaban J connectivity index is 2.06. The molecule has 2 rings (SSSR count). The van der Waals surface area contributed by atoms with Crippen molar-refractivity contribution in [1.82, 2.24) is 0 Å². The predicted octanol–water partition coefficient (Wildman–Crippen LogP) is 2.66. The van der Waals surface area contributed by atoms with Gasteiger partial charge >= 0.3 is 5.69 Å². The molecule has 0 heterocycles. The average Bonchev–Trinajstić information content (AvgIpc) is 2.39. The number of nitro groups is 1. The molecule has 0 spiro atoms. The van der Waals surface area contributed by atoms with Crippen LogP contribution in [0, 0.1) is 21.8 Å². The van der Waals surface area contributed by atoms with Gasteiger partial charge in [0.05, 0.1) is 11.0 Å². The highest BCUT2D eigenvalue weighted by Crippen LogP contribution is 2.32. The standard InChI is InChI=1S/C13H16FNO4/c14-10-3-6-12(15(17)18)13(7-10)19-11-4-1-9(8-16)2-5-11/h3,6-7,9,11,16H,1-2,4-5,8H2. The number of nitro benzene ring substituents is 1. The first-order chi connectivity index (χ1) is 9.10. The van der Waals surface area contributed by atoms with Crippen LogP contribution < -0.4 is 4.74 Å². The van der Waals surface area contributed by atoms with Gasteiger partial charge in [0.25, 0.3) is 0 Å². The third kappa shape index (κ3) is 3.41. The van der Waals surface area contributed by atoms with Crippen molar-refractivity contribution in [3.8, 4) is 5.75 Å². The van der Waals surface area contributed by atoms with Crippen LogP contribution in [0.2, 0.25) is 0 Å². The number of halogens is 1. The number of hydrogen-bond acceptors (Lipinski definition) is 4. The van der Waals surface area contributed by atoms with Gasteiger partial charge in [-0.05, 0) is 37.7 Å². The monoisotopic (exact) mass is 269 g/mol. The van der Waals surface area contributed by atoms with Crippen LogP contribution >= 0.6 is 0 Å². The van der Waals surface area contributed by atoms with Gasteiger partial charge in [-0.15, -0.1) is 0 Å². The summed E-state index contributed by atoms with van der Waals surface area (Å²) in [4.78, 5) is 10.3. The Labute approximate surface area is 110 Å². The van der Waals surface area contributed by atoms with Gasteiger partial charge in [-0.25, -0.2) is 4.39 Å². The van der Waals surface area contributed by atoms with Crippen molar-refractivity contribution < 1.29 is 19.2 Å². The van der Waals surface area contributed by atoms with Crippen LogP contribution in [-0.2, 0) is 0 Å². The van der Waals surface area contributed by atoms with Gasteiger partial charge in [-0.2, -0.15) is 0 Å². The molecule has 5 nitrogen and oxygen atoms in total. The first-order valence-electron chi connectivity index (χ1n) is 6.31. The lowest BCUT2D eigenvalue weighted by Crippen LogP contribution is -2.25. The summed E-state index contributed by atoms with van der Waals surface area (Å²) in [6.45, 7) is 0.160. The highest BCUT2D eigenvalue weighted by Gasteiger charge is 2.25. The molecule has 1 fully saturated rings. The Morgan fingerprint density at radius 1 is 1.37 bits per heavy atom. The number of hydrogen-bond donors (Lipinski definition) is 1. The second-order valence-electron chi connectivity index (χ2n) is 4.81. The summed E-state index contributed by atoms with van der Waals surface area (Å²) in [5.41, 5.74) is -0.217. The molecule has 0 amide bonds. The van der Waals surface area contributed by atoms with E-state index in [1.807, 2.05) is 0 Å². The summed E-state index contributed by atoms with van der Waals surface area (Å²) in [6.07, 6.45) is 2.94. The minimum absolute atomic E-state index is 0.0163. The first kappa shape index (κ1) is 13.7. The number of aliphatic hydroxyl groups is 1. The Bertz CT molecular complexity index is 458. The van der Waals surface area contributed by atoms with Crippen molar-refractivity contribution in [1.29, 1.82) is 0 Å². The van der Waals surface area contributed by atoms with Crippen molar-refractivity contribution in [3.05, 3.63) is 34.1 Å². The third-order valence-electron chi connectivity index (χ3n) is 3.46. The van der Waals surface area contributed by atoms with E-state index in [1.54, 1.807) is 0 Å². The number of benzene rings is 1. The average molecular weight is 269 g/mol. The predicted molar refractivity (Wildman–Crippen MR) is 66.5 cm³/mol. The fourth-order valence-corrected chi connectivity index (χ4v) is 2.35. The summed E-state index contributed by atoms with van der Waals surface area (Å²) in [5.74, 6) is -0.288. The molecule has 1 aliphatic rings. The maximum atomic E-state index is 13.1. The summed E-state index contributed by atoms with van der Waals surface area (Å²) >= 11 is 0. The van der Waals surface area contributed by atoms with E-state index in [0.29, 0.717) is 0 Å². The molecule has 1 saturated carbocycles. The molecule has 0 aromatic heterocycles. The Morgan fingerprint density at radius 3 is 2.63 bits per heavy atom. The van der Waals surface area contributed by atoms with Gasteiger partial charge in [0, 0.05) is 18.7 Å². The van der Waals surface area contributed by atoms with E-state index in [1.165, 1.54) is 0 Å². The third-order valence-corrected chi connectivity index (χ3v) is 3.46. The number of nitrogens with zero attached hydrogens (tertiary/aromatic N) is 1. The Hall–Kier alpha value is -1.69. The van der Waals surface area contributed by atoms with E-state index >= 15 is 0 Å². The number of ether oxygens (including phenoxy) is 1. The normalized spacial score (nSPS) is 23.1. The molecule has 1 aliphatic carbocycles. The zero-order chi connectivity index (χ0) is 13.8. The van der Waals surface area contributed by atoms with Crippen LogP contribution in [0.25, 0.3) is 0 Å². The van der Waals surface area contributed by atoms with Crippen LogP contribution in [0.5, 0.6) is 5.75 Å². The molecule has 1 N–H and O–H groups in total. The van der Waals surface area contributed by atoms with E-state index in [9.17, 15) is 14.5 Å². The Morgan fingerprint density at radius 2 is 2.05 bits per heavy atom. The van der Waals surface area contributed by atoms with Gasteiger partial charge in [-0.3, -0.25) is 10.1 Å². The molecule has 0 aliphatic heterocycles. The van der Waals surface area contributed by atoms with E-state index < -0.39 is 10.7 Å². The van der Waals surface area contributed by atoms with Crippen LogP contribution in [-0.4, -0.2) is 22.7 Å². The van der Waals surface area contributed by atoms with E-state index in [-0.39, 0.29) is 30.1 Å². The molecular formula is C13H16FNO4. The second kappa shape index (κ2) is 5.97. The van der Waals surface area contributed by atoms with Crippen LogP contribution in [0.4, 0.5) is 10.1 Å². The SMILES string of the molecule is O=[N+]([O-])c1ccc(F)cc1OC1CCC(CO)CC1. The zero-order valence-electron chi connectivity index (χ0n) is 10.4. The molecule has 0 saturated heterocycles. The Kier molecular flexibility index (Phi) is 4.31. The van der Waals surface area contributed by atoms with Crippen molar-refractivity contribution in [3.63, 3.8) is 0 Å². The van der Waals surface area contributed by atoms with Gasteiger partial charge in [0.1, 0.15) is 5.82 Å². The van der Waals surface area contributed by atoms with E-state index in [0.717, 1.165) is 43.9 Å². The zero-order valence-corrected chi connectivity index (χ0v) is 10.4. The molecule has 1 aromatic rings. The fraction of sp³-hybridized carbons (Fsp3) is 0.538. The molecule has 104 valence electrons. The van der Waals surface area contributed by atoms with Gasteiger partial charge in [0.2, 0.25) is 0 Å². The minimum atomic E-state index is -0.575. The lowest BCUT2D eigenvalue weighted by atomic mass is 9.88. The lowest BCUT2D eigenvalue weighted by Gasteiger charge is -2.27. The smallest absolute Gasteiger partial charge is 0.311 e. The van der Waals surface area contributed by atoms with E-state index in [2.05, 4.69) is 0 Å². The van der Waals surface area contributed by atoms with Crippen molar-refractivity contribution in [2.24, 2.45) is 5.92 Å². The molecule has 0 atom stereocenters. The van der Waals surface area contributed by atoms with Gasteiger partial charge < -0.3 is 9.84 Å². The largest absolute Gasteiger partial charge is 0.483 e. The van der Waals surface area contributed by atoms with Crippen LogP contribution in [0.15, 0.2) is 18.2 Å². The lowest BCUT2D eigenvalue weighted by molar-refractivity contribution is -0.386. The summed E-state index contributed by atoms with van der Waals surface area (Å²) < 4.78 is 18.7. The van der Waals surface area contributed by atoms with Gasteiger partial charge in [-0.1, -0.05) is 0 Å². The second-order valence-corrected chi connectivity index (χ2v) is 4.81. The van der Waals surface area contributed by atoms with E-state index in [4.69, 9.17) is 9.84 Å². The number of aliphatic hydroxyl groups excluding tert-OH is 1. The summed E-state index contributed by atoms with van der Waals surface area (Å²) in [6, 6.07) is 3.22. The van der Waals surface area contributed by atoms with Crippen LogP contribution in [0.1, 0.15) is 25.7 Å². The molecule has 6 heteroatoms. The fourth-order valence-electron chi connectivity index (χ4n) is 2.35. The maximum Gasteiger partial charge on any atom is 0.311 e. The molecule has 0 radical (unpaired) electrons. The highest BCUT2D eigenvalue weighted by atomic mass is 19.1. The first-order valence-corrected chi connectivity index (χ1v) is 6.31. The topological polar surface area (TPSA) is 72.6 Å². The molecule has 0 unspecified atom stereocenters. The maximum absolute atomic E-state index is 13.1. The van der Waals surface area contributed by atoms with Gasteiger partial charge in [0.15, 0.2) is 5.75 Å². The quantitative estimate of drug-likeness (QED) is 0.673. The number of rotatable bonds is 4. The summed E-state index contributed by atoms with van der Waals surface area (Å²) in [7, 11) is 0. The molecule has 19 heavy (non-hydrogen) atoms. The molecular weight excluding hydrogens is 253 g/mol. The molecule has 0 bridgehead atoms. The van der Waals surface area contributed by atoms with Crippen LogP contribution in [0.3, 0.4) is 0 Å². The highest BCUT2D eigenvalue weighted by molar-refractivity contribution is 5.46.